The highest BCUT2D eigenvalue weighted by Gasteiger charge is 2.26. The van der Waals surface area contributed by atoms with Crippen molar-refractivity contribution in [1.82, 2.24) is 10.2 Å². The largest absolute Gasteiger partial charge is 0.374 e. The van der Waals surface area contributed by atoms with Crippen LogP contribution in [0, 0.1) is 0 Å². The Morgan fingerprint density at radius 2 is 2.05 bits per heavy atom. The zero-order valence-corrected chi connectivity index (χ0v) is 10.9. The average Bonchev–Trinajstić information content (AvgIpc) is 2.84. The van der Waals surface area contributed by atoms with Crippen molar-refractivity contribution in [3.63, 3.8) is 0 Å². The van der Waals surface area contributed by atoms with E-state index in [0.29, 0.717) is 25.9 Å². The van der Waals surface area contributed by atoms with Gasteiger partial charge in [-0.3, -0.25) is 19.7 Å². The van der Waals surface area contributed by atoms with Crippen LogP contribution < -0.4 is 10.6 Å². The predicted octanol–water partition coefficient (Wildman–Crippen LogP) is 0.376. The van der Waals surface area contributed by atoms with Crippen molar-refractivity contribution in [2.75, 3.05) is 5.32 Å². The third-order valence-electron chi connectivity index (χ3n) is 3.68. The van der Waals surface area contributed by atoms with Gasteiger partial charge < -0.3 is 10.2 Å². The van der Waals surface area contributed by atoms with Crippen molar-refractivity contribution < 1.29 is 14.4 Å². The van der Waals surface area contributed by atoms with E-state index in [1.54, 1.807) is 4.90 Å². The molecule has 1 unspecified atom stereocenters. The molecule has 0 saturated carbocycles. The minimum atomic E-state index is -0.380. The molecule has 1 aromatic carbocycles. The number of carbonyl (C=O) groups excluding carboxylic acids is 3. The number of nitrogens with zero attached hydrogens (tertiary/aromatic N) is 1. The van der Waals surface area contributed by atoms with Crippen molar-refractivity contribution >= 4 is 23.9 Å². The number of fused-ring (bicyclic) bond motifs is 1. The van der Waals surface area contributed by atoms with Crippen LogP contribution in [-0.2, 0) is 27.5 Å². The minimum absolute atomic E-state index is 0.219. The SMILES string of the molecule is O=CN1Cc2ccc(NC3CCC(=O)NC3=O)cc2C1. The number of amides is 3. The summed E-state index contributed by atoms with van der Waals surface area (Å²) < 4.78 is 0. The molecular weight excluding hydrogens is 258 g/mol. The summed E-state index contributed by atoms with van der Waals surface area (Å²) in [6.45, 7) is 1.24. The minimum Gasteiger partial charge on any atom is -0.374 e. The first kappa shape index (κ1) is 12.7. The molecule has 2 N–H and O–H groups in total. The summed E-state index contributed by atoms with van der Waals surface area (Å²) >= 11 is 0. The fraction of sp³-hybridized carbons (Fsp3) is 0.357. The summed E-state index contributed by atoms with van der Waals surface area (Å²) in [4.78, 5) is 35.3. The van der Waals surface area contributed by atoms with Gasteiger partial charge in [-0.2, -0.15) is 0 Å². The number of hydrogen-bond acceptors (Lipinski definition) is 4. The number of rotatable bonds is 3. The van der Waals surface area contributed by atoms with Gasteiger partial charge in [-0.15, -0.1) is 0 Å². The van der Waals surface area contributed by atoms with Crippen LogP contribution in [-0.4, -0.2) is 29.2 Å². The van der Waals surface area contributed by atoms with Crippen molar-refractivity contribution in [3.8, 4) is 0 Å². The maximum atomic E-state index is 11.7. The van der Waals surface area contributed by atoms with Gasteiger partial charge >= 0.3 is 0 Å². The zero-order chi connectivity index (χ0) is 14.1. The average molecular weight is 273 g/mol. The van der Waals surface area contributed by atoms with Crippen LogP contribution >= 0.6 is 0 Å². The predicted molar refractivity (Wildman–Crippen MR) is 71.5 cm³/mol. The lowest BCUT2D eigenvalue weighted by molar-refractivity contribution is -0.133. The van der Waals surface area contributed by atoms with E-state index in [-0.39, 0.29) is 17.9 Å². The Balaban J connectivity index is 1.72. The van der Waals surface area contributed by atoms with Gasteiger partial charge in [0.1, 0.15) is 6.04 Å². The van der Waals surface area contributed by atoms with Crippen LogP contribution in [0.25, 0.3) is 0 Å². The van der Waals surface area contributed by atoms with E-state index in [9.17, 15) is 14.4 Å². The summed E-state index contributed by atoms with van der Waals surface area (Å²) in [6.07, 6.45) is 1.70. The molecule has 20 heavy (non-hydrogen) atoms. The van der Waals surface area contributed by atoms with Gasteiger partial charge in [0.15, 0.2) is 0 Å². The van der Waals surface area contributed by atoms with Gasteiger partial charge in [-0.05, 0) is 29.7 Å². The molecule has 104 valence electrons. The molecule has 0 spiro atoms. The first-order valence-corrected chi connectivity index (χ1v) is 6.57. The Morgan fingerprint density at radius 3 is 2.80 bits per heavy atom. The highest BCUT2D eigenvalue weighted by Crippen LogP contribution is 2.25. The van der Waals surface area contributed by atoms with Crippen molar-refractivity contribution in [3.05, 3.63) is 29.3 Å². The fourth-order valence-electron chi connectivity index (χ4n) is 2.62. The molecule has 0 aromatic heterocycles. The van der Waals surface area contributed by atoms with Crippen LogP contribution in [0.5, 0.6) is 0 Å². The van der Waals surface area contributed by atoms with E-state index < -0.39 is 0 Å². The van der Waals surface area contributed by atoms with E-state index in [1.807, 2.05) is 18.2 Å². The Bertz CT molecular complexity index is 585. The lowest BCUT2D eigenvalue weighted by atomic mass is 10.0. The quantitative estimate of drug-likeness (QED) is 0.616. The Kier molecular flexibility index (Phi) is 3.14. The maximum absolute atomic E-state index is 11.7. The van der Waals surface area contributed by atoms with Crippen LogP contribution in [0.4, 0.5) is 5.69 Å². The van der Waals surface area contributed by atoms with Gasteiger partial charge in [-0.1, -0.05) is 6.07 Å². The molecule has 1 atom stereocenters. The standard InChI is InChI=1S/C14H15N3O3/c18-8-17-6-9-1-2-11(5-10(9)7-17)15-12-3-4-13(19)16-14(12)20/h1-2,5,8,12,15H,3-4,6-7H2,(H,16,19,20). The molecule has 0 aliphatic carbocycles. The molecule has 3 amide bonds. The molecule has 1 aromatic rings. The first-order chi connectivity index (χ1) is 9.65. The topological polar surface area (TPSA) is 78.5 Å². The number of piperidine rings is 1. The van der Waals surface area contributed by atoms with E-state index >= 15 is 0 Å². The van der Waals surface area contributed by atoms with Crippen molar-refractivity contribution in [2.24, 2.45) is 0 Å². The molecule has 6 heteroatoms. The summed E-state index contributed by atoms with van der Waals surface area (Å²) in [5, 5.41) is 5.47. The van der Waals surface area contributed by atoms with E-state index in [1.165, 1.54) is 0 Å². The normalized spacial score (nSPS) is 21.4. The molecule has 0 radical (unpaired) electrons. The van der Waals surface area contributed by atoms with Gasteiger partial charge in [0, 0.05) is 25.2 Å². The third kappa shape index (κ3) is 2.36. The van der Waals surface area contributed by atoms with Gasteiger partial charge in [0.25, 0.3) is 0 Å². The summed E-state index contributed by atoms with van der Waals surface area (Å²) in [5.74, 6) is -0.500. The Morgan fingerprint density at radius 1 is 1.25 bits per heavy atom. The molecule has 1 fully saturated rings. The number of imide groups is 1. The number of nitrogens with one attached hydrogen (secondary N) is 2. The van der Waals surface area contributed by atoms with Crippen molar-refractivity contribution in [1.29, 1.82) is 0 Å². The second-order valence-corrected chi connectivity index (χ2v) is 5.14. The summed E-state index contributed by atoms with van der Waals surface area (Å²) in [5.41, 5.74) is 3.06. The first-order valence-electron chi connectivity index (χ1n) is 6.57. The van der Waals surface area contributed by atoms with Crippen LogP contribution in [0.2, 0.25) is 0 Å². The Labute approximate surface area is 116 Å². The molecule has 2 heterocycles. The summed E-state index contributed by atoms with van der Waals surface area (Å²) in [6, 6.07) is 5.45. The van der Waals surface area contributed by atoms with Gasteiger partial charge in [-0.25, -0.2) is 0 Å². The maximum Gasteiger partial charge on any atom is 0.249 e. The molecule has 0 bridgehead atoms. The second-order valence-electron chi connectivity index (χ2n) is 5.14. The highest BCUT2D eigenvalue weighted by atomic mass is 16.2. The van der Waals surface area contributed by atoms with Crippen LogP contribution in [0.1, 0.15) is 24.0 Å². The van der Waals surface area contributed by atoms with E-state index in [4.69, 9.17) is 0 Å². The molecule has 1 saturated heterocycles. The number of benzene rings is 1. The van der Waals surface area contributed by atoms with E-state index in [0.717, 1.165) is 23.2 Å². The van der Waals surface area contributed by atoms with Crippen molar-refractivity contribution in [2.45, 2.75) is 32.0 Å². The molecule has 6 nitrogen and oxygen atoms in total. The molecule has 2 aliphatic heterocycles. The molecule has 3 rings (SSSR count). The molecular formula is C14H15N3O3. The van der Waals surface area contributed by atoms with Crippen LogP contribution in [0.3, 0.4) is 0 Å². The highest BCUT2D eigenvalue weighted by molar-refractivity contribution is 6.01. The number of anilines is 1. The summed E-state index contributed by atoms with van der Waals surface area (Å²) in [7, 11) is 0. The lowest BCUT2D eigenvalue weighted by Crippen LogP contribution is -2.47. The number of hydrogen-bond donors (Lipinski definition) is 2. The zero-order valence-electron chi connectivity index (χ0n) is 10.9. The third-order valence-corrected chi connectivity index (χ3v) is 3.68. The van der Waals surface area contributed by atoms with Gasteiger partial charge in [0.2, 0.25) is 18.2 Å². The fourth-order valence-corrected chi connectivity index (χ4v) is 2.62. The number of carbonyl (C=O) groups is 3. The lowest BCUT2D eigenvalue weighted by Gasteiger charge is -2.23. The van der Waals surface area contributed by atoms with Crippen LogP contribution in [0.15, 0.2) is 18.2 Å². The second kappa shape index (κ2) is 4.96. The monoisotopic (exact) mass is 273 g/mol. The molecule has 2 aliphatic rings. The Hall–Kier alpha value is -2.37. The smallest absolute Gasteiger partial charge is 0.249 e. The van der Waals surface area contributed by atoms with E-state index in [2.05, 4.69) is 10.6 Å². The van der Waals surface area contributed by atoms with Gasteiger partial charge in [0.05, 0.1) is 0 Å².